The number of hydrogen-bond acceptors (Lipinski definition) is 8. The molecule has 0 unspecified atom stereocenters. The first-order valence-electron chi connectivity index (χ1n) is 11.8. The highest BCUT2D eigenvalue weighted by Gasteiger charge is 2.33. The van der Waals surface area contributed by atoms with Crippen LogP contribution in [0.15, 0.2) is 63.5 Å². The van der Waals surface area contributed by atoms with E-state index in [0.29, 0.717) is 50.9 Å². The molecule has 0 bridgehead atoms. The SMILES string of the molecule is CCOC(=O)C1=C(C)N=c2sc(=Cc3ccc(O)c(OCC)c3)c(=O)n2[C@@H]1c1ccc(OCC)cc1. The van der Waals surface area contributed by atoms with Gasteiger partial charge in [-0.3, -0.25) is 9.36 Å². The van der Waals surface area contributed by atoms with E-state index in [-0.39, 0.29) is 17.9 Å². The predicted molar refractivity (Wildman–Crippen MR) is 137 cm³/mol. The van der Waals surface area contributed by atoms with Gasteiger partial charge < -0.3 is 19.3 Å². The lowest BCUT2D eigenvalue weighted by molar-refractivity contribution is -0.139. The molecule has 1 aromatic heterocycles. The quantitative estimate of drug-likeness (QED) is 0.469. The summed E-state index contributed by atoms with van der Waals surface area (Å²) in [4.78, 5) is 31.7. The first-order chi connectivity index (χ1) is 17.4. The maximum atomic E-state index is 13.7. The van der Waals surface area contributed by atoms with Crippen LogP contribution in [-0.4, -0.2) is 35.5 Å². The van der Waals surface area contributed by atoms with Gasteiger partial charge in [-0.1, -0.05) is 29.5 Å². The summed E-state index contributed by atoms with van der Waals surface area (Å²) in [5.74, 6) is 0.559. The van der Waals surface area contributed by atoms with Crippen molar-refractivity contribution < 1.29 is 24.1 Å². The number of aromatic hydroxyl groups is 1. The van der Waals surface area contributed by atoms with E-state index in [9.17, 15) is 14.7 Å². The van der Waals surface area contributed by atoms with Crippen molar-refractivity contribution in [2.75, 3.05) is 19.8 Å². The fourth-order valence-corrected chi connectivity index (χ4v) is 5.11. The fourth-order valence-electron chi connectivity index (χ4n) is 4.06. The Morgan fingerprint density at radius 1 is 1.08 bits per heavy atom. The number of carbonyl (C=O) groups is 1. The van der Waals surface area contributed by atoms with E-state index in [0.717, 1.165) is 5.56 Å². The number of nitrogens with zero attached hydrogens (tertiary/aromatic N) is 2. The number of fused-ring (bicyclic) bond motifs is 1. The van der Waals surface area contributed by atoms with Crippen molar-refractivity contribution in [3.8, 4) is 17.2 Å². The topological polar surface area (TPSA) is 99.4 Å². The molecule has 0 saturated carbocycles. The largest absolute Gasteiger partial charge is 0.504 e. The number of carbonyl (C=O) groups excluding carboxylic acids is 1. The second-order valence-corrected chi connectivity index (χ2v) is 8.97. The summed E-state index contributed by atoms with van der Waals surface area (Å²) in [6.45, 7) is 8.36. The van der Waals surface area contributed by atoms with Crippen LogP contribution in [0.5, 0.6) is 17.2 Å². The molecule has 1 aliphatic heterocycles. The lowest BCUT2D eigenvalue weighted by Gasteiger charge is -2.24. The number of ether oxygens (including phenoxy) is 3. The lowest BCUT2D eigenvalue weighted by Crippen LogP contribution is -2.39. The zero-order valence-electron chi connectivity index (χ0n) is 20.6. The van der Waals surface area contributed by atoms with Gasteiger partial charge >= 0.3 is 5.97 Å². The molecule has 1 atom stereocenters. The standard InChI is InChI=1S/C27H28N2O6S/c1-5-33-19-11-9-18(10-12-19)24-23(26(32)35-7-3)16(4)28-27-29(24)25(31)22(36-27)15-17-8-13-20(30)21(14-17)34-6-2/h8-15,24,30H,5-7H2,1-4H3/t24-/m1/s1. The Morgan fingerprint density at radius 2 is 1.81 bits per heavy atom. The summed E-state index contributed by atoms with van der Waals surface area (Å²) >= 11 is 1.23. The van der Waals surface area contributed by atoms with E-state index in [1.165, 1.54) is 22.0 Å². The molecule has 0 fully saturated rings. The number of aromatic nitrogens is 1. The van der Waals surface area contributed by atoms with Gasteiger partial charge in [-0.2, -0.15) is 0 Å². The second-order valence-electron chi connectivity index (χ2n) is 7.96. The molecule has 9 heteroatoms. The van der Waals surface area contributed by atoms with Gasteiger partial charge in [-0.15, -0.1) is 0 Å². The van der Waals surface area contributed by atoms with Crippen LogP contribution in [0.1, 0.15) is 44.9 Å². The van der Waals surface area contributed by atoms with Crippen molar-refractivity contribution in [2.45, 2.75) is 33.7 Å². The number of esters is 1. The summed E-state index contributed by atoms with van der Waals surface area (Å²) in [5.41, 5.74) is 1.98. The van der Waals surface area contributed by atoms with Crippen LogP contribution < -0.4 is 24.4 Å². The average molecular weight is 509 g/mol. The van der Waals surface area contributed by atoms with E-state index >= 15 is 0 Å². The van der Waals surface area contributed by atoms with Gasteiger partial charge in [0.1, 0.15) is 5.75 Å². The maximum absolute atomic E-state index is 13.7. The van der Waals surface area contributed by atoms with Crippen LogP contribution in [0.3, 0.4) is 0 Å². The molecule has 8 nitrogen and oxygen atoms in total. The Balaban J connectivity index is 1.89. The van der Waals surface area contributed by atoms with E-state index in [4.69, 9.17) is 14.2 Å². The fraction of sp³-hybridized carbons (Fsp3) is 0.296. The normalized spacial score (nSPS) is 15.3. The predicted octanol–water partition coefficient (Wildman–Crippen LogP) is 3.30. The summed E-state index contributed by atoms with van der Waals surface area (Å²) < 4.78 is 18.3. The highest BCUT2D eigenvalue weighted by Crippen LogP contribution is 2.32. The molecule has 4 rings (SSSR count). The van der Waals surface area contributed by atoms with Gasteiger partial charge in [-0.25, -0.2) is 9.79 Å². The molecule has 0 amide bonds. The van der Waals surface area contributed by atoms with Crippen molar-refractivity contribution in [1.29, 1.82) is 0 Å². The van der Waals surface area contributed by atoms with Crippen LogP contribution in [0, 0.1) is 0 Å². The highest BCUT2D eigenvalue weighted by molar-refractivity contribution is 7.07. The van der Waals surface area contributed by atoms with Crippen LogP contribution in [0.2, 0.25) is 0 Å². The Hall–Kier alpha value is -3.85. The highest BCUT2D eigenvalue weighted by atomic mass is 32.1. The zero-order chi connectivity index (χ0) is 25.8. The Kier molecular flexibility index (Phi) is 7.59. The molecule has 36 heavy (non-hydrogen) atoms. The zero-order valence-corrected chi connectivity index (χ0v) is 21.4. The molecule has 3 aromatic rings. The number of rotatable bonds is 8. The van der Waals surface area contributed by atoms with Gasteiger partial charge in [-0.05, 0) is 69.2 Å². The van der Waals surface area contributed by atoms with Crippen LogP contribution in [-0.2, 0) is 9.53 Å². The van der Waals surface area contributed by atoms with Gasteiger partial charge in [0, 0.05) is 0 Å². The number of benzene rings is 2. The lowest BCUT2D eigenvalue weighted by atomic mass is 9.96. The van der Waals surface area contributed by atoms with E-state index < -0.39 is 12.0 Å². The van der Waals surface area contributed by atoms with E-state index in [2.05, 4.69) is 4.99 Å². The molecular formula is C27H28N2O6S. The third-order valence-corrected chi connectivity index (χ3v) is 6.59. The third kappa shape index (κ3) is 4.92. The smallest absolute Gasteiger partial charge is 0.338 e. The molecule has 0 aliphatic carbocycles. The van der Waals surface area contributed by atoms with E-state index in [1.807, 2.05) is 38.1 Å². The molecule has 0 radical (unpaired) electrons. The van der Waals surface area contributed by atoms with Crippen molar-refractivity contribution in [3.63, 3.8) is 0 Å². The number of phenolic OH excluding ortho intramolecular Hbond substituents is 1. The number of hydrogen-bond donors (Lipinski definition) is 1. The second kappa shape index (κ2) is 10.8. The summed E-state index contributed by atoms with van der Waals surface area (Å²) in [6, 6.07) is 11.5. The van der Waals surface area contributed by atoms with Crippen molar-refractivity contribution in [3.05, 3.63) is 84.5 Å². The van der Waals surface area contributed by atoms with Crippen molar-refractivity contribution in [1.82, 2.24) is 4.57 Å². The summed E-state index contributed by atoms with van der Waals surface area (Å²) in [7, 11) is 0. The van der Waals surface area contributed by atoms with E-state index in [1.54, 1.807) is 32.1 Å². The first kappa shape index (κ1) is 25.2. The first-order valence-corrected chi connectivity index (χ1v) is 12.6. The van der Waals surface area contributed by atoms with Gasteiger partial charge in [0.05, 0.1) is 41.7 Å². The minimum absolute atomic E-state index is 0.0284. The van der Waals surface area contributed by atoms with Crippen molar-refractivity contribution in [2.24, 2.45) is 4.99 Å². The molecule has 188 valence electrons. The van der Waals surface area contributed by atoms with Crippen LogP contribution in [0.25, 0.3) is 6.08 Å². The Labute approximate surface area is 212 Å². The van der Waals surface area contributed by atoms with Crippen LogP contribution in [0.4, 0.5) is 0 Å². The number of thiazole rings is 1. The maximum Gasteiger partial charge on any atom is 0.338 e. The Morgan fingerprint density at radius 3 is 2.47 bits per heavy atom. The monoisotopic (exact) mass is 508 g/mol. The molecular weight excluding hydrogens is 480 g/mol. The Bertz CT molecular complexity index is 1480. The average Bonchev–Trinajstić information content (AvgIpc) is 3.15. The van der Waals surface area contributed by atoms with Crippen molar-refractivity contribution >= 4 is 23.4 Å². The molecule has 0 spiro atoms. The van der Waals surface area contributed by atoms with Crippen LogP contribution >= 0.6 is 11.3 Å². The summed E-state index contributed by atoms with van der Waals surface area (Å²) in [5, 5.41) is 10.0. The molecule has 2 heterocycles. The van der Waals surface area contributed by atoms with Gasteiger partial charge in [0.2, 0.25) is 0 Å². The molecule has 2 aromatic carbocycles. The molecule has 0 saturated heterocycles. The third-order valence-electron chi connectivity index (χ3n) is 5.61. The number of phenols is 1. The molecule has 1 aliphatic rings. The minimum atomic E-state index is -0.697. The number of allylic oxidation sites excluding steroid dienone is 1. The van der Waals surface area contributed by atoms with Gasteiger partial charge in [0.25, 0.3) is 5.56 Å². The summed E-state index contributed by atoms with van der Waals surface area (Å²) in [6.07, 6.45) is 1.73. The minimum Gasteiger partial charge on any atom is -0.504 e. The van der Waals surface area contributed by atoms with Gasteiger partial charge in [0.15, 0.2) is 16.3 Å². The molecule has 1 N–H and O–H groups in total.